The van der Waals surface area contributed by atoms with Gasteiger partial charge in [-0.2, -0.15) is 0 Å². The van der Waals surface area contributed by atoms with E-state index in [9.17, 15) is 0 Å². The minimum atomic E-state index is 0.772. The number of H-pyrrole nitrogens is 1. The molecule has 16 heavy (non-hydrogen) atoms. The molecule has 0 aliphatic carbocycles. The minimum absolute atomic E-state index is 0.772. The summed E-state index contributed by atoms with van der Waals surface area (Å²) < 4.78 is 5.20. The third-order valence-corrected chi connectivity index (χ3v) is 2.78. The van der Waals surface area contributed by atoms with Crippen molar-refractivity contribution in [2.75, 3.05) is 13.7 Å². The number of benzene rings is 1. The lowest BCUT2D eigenvalue weighted by Crippen LogP contribution is -1.98. The number of hydrogen-bond donors (Lipinski definition) is 2. The summed E-state index contributed by atoms with van der Waals surface area (Å²) in [5, 5.41) is 1.21. The Morgan fingerprint density at radius 1 is 1.25 bits per heavy atom. The van der Waals surface area contributed by atoms with E-state index in [0.717, 1.165) is 31.6 Å². The second kappa shape index (κ2) is 5.03. The molecule has 0 atom stereocenters. The van der Waals surface area contributed by atoms with Crippen LogP contribution in [-0.2, 0) is 6.42 Å². The smallest absolute Gasteiger partial charge is 0.119 e. The SMILES string of the molecule is COc1ccc2[nH]c(CCCCN)cc2c1. The zero-order valence-electron chi connectivity index (χ0n) is 9.62. The topological polar surface area (TPSA) is 51.0 Å². The number of hydrogen-bond acceptors (Lipinski definition) is 2. The van der Waals surface area contributed by atoms with Crippen molar-refractivity contribution < 1.29 is 4.74 Å². The molecule has 0 saturated heterocycles. The van der Waals surface area contributed by atoms with Crippen molar-refractivity contribution in [2.24, 2.45) is 5.73 Å². The van der Waals surface area contributed by atoms with Crippen LogP contribution in [0.2, 0.25) is 0 Å². The van der Waals surface area contributed by atoms with E-state index in [2.05, 4.69) is 23.2 Å². The third-order valence-electron chi connectivity index (χ3n) is 2.78. The molecule has 0 aliphatic heterocycles. The van der Waals surface area contributed by atoms with Crippen LogP contribution in [0.4, 0.5) is 0 Å². The van der Waals surface area contributed by atoms with Crippen molar-refractivity contribution in [1.29, 1.82) is 0 Å². The Hall–Kier alpha value is -1.48. The zero-order valence-corrected chi connectivity index (χ0v) is 9.62. The number of aromatic amines is 1. The van der Waals surface area contributed by atoms with Crippen LogP contribution in [0.1, 0.15) is 18.5 Å². The predicted molar refractivity (Wildman–Crippen MR) is 66.8 cm³/mol. The molecule has 2 rings (SSSR count). The highest BCUT2D eigenvalue weighted by molar-refractivity contribution is 5.81. The van der Waals surface area contributed by atoms with E-state index in [1.165, 1.54) is 16.6 Å². The van der Waals surface area contributed by atoms with E-state index in [1.807, 2.05) is 6.07 Å². The molecule has 0 spiro atoms. The van der Waals surface area contributed by atoms with Crippen molar-refractivity contribution in [2.45, 2.75) is 19.3 Å². The largest absolute Gasteiger partial charge is 0.497 e. The molecular formula is C13H18N2O. The average molecular weight is 218 g/mol. The fraction of sp³-hybridized carbons (Fsp3) is 0.385. The van der Waals surface area contributed by atoms with Crippen LogP contribution in [0.3, 0.4) is 0 Å². The first-order chi connectivity index (χ1) is 7.83. The van der Waals surface area contributed by atoms with Crippen LogP contribution in [-0.4, -0.2) is 18.6 Å². The van der Waals surface area contributed by atoms with Crippen molar-refractivity contribution >= 4 is 10.9 Å². The average Bonchev–Trinajstić information content (AvgIpc) is 2.70. The van der Waals surface area contributed by atoms with E-state index >= 15 is 0 Å². The lowest BCUT2D eigenvalue weighted by molar-refractivity contribution is 0.415. The van der Waals surface area contributed by atoms with Gasteiger partial charge in [-0.05, 0) is 50.1 Å². The summed E-state index contributed by atoms with van der Waals surface area (Å²) in [7, 11) is 1.69. The molecule has 3 nitrogen and oxygen atoms in total. The Balaban J connectivity index is 2.16. The van der Waals surface area contributed by atoms with E-state index in [-0.39, 0.29) is 0 Å². The number of nitrogens with two attached hydrogens (primary N) is 1. The number of unbranched alkanes of at least 4 members (excludes halogenated alkanes) is 1. The number of ether oxygens (including phenoxy) is 1. The summed E-state index contributed by atoms with van der Waals surface area (Å²) in [5.74, 6) is 0.903. The summed E-state index contributed by atoms with van der Waals surface area (Å²) in [6.07, 6.45) is 3.29. The van der Waals surface area contributed by atoms with E-state index < -0.39 is 0 Å². The molecule has 0 bridgehead atoms. The van der Waals surface area contributed by atoms with Gasteiger partial charge < -0.3 is 15.5 Å². The highest BCUT2D eigenvalue weighted by Gasteiger charge is 2.01. The van der Waals surface area contributed by atoms with Crippen LogP contribution in [0.5, 0.6) is 5.75 Å². The summed E-state index contributed by atoms with van der Waals surface area (Å²) in [6.45, 7) is 0.772. The predicted octanol–water partition coefficient (Wildman–Crippen LogP) is 2.46. The number of aromatic nitrogens is 1. The van der Waals surface area contributed by atoms with Gasteiger partial charge in [-0.3, -0.25) is 0 Å². The van der Waals surface area contributed by atoms with Crippen LogP contribution >= 0.6 is 0 Å². The zero-order chi connectivity index (χ0) is 11.4. The molecule has 1 aromatic carbocycles. The maximum Gasteiger partial charge on any atom is 0.119 e. The number of methoxy groups -OCH3 is 1. The van der Waals surface area contributed by atoms with Crippen molar-refractivity contribution in [3.63, 3.8) is 0 Å². The second-order valence-electron chi connectivity index (χ2n) is 3.99. The molecule has 0 saturated carbocycles. The molecule has 0 fully saturated rings. The Morgan fingerprint density at radius 2 is 2.12 bits per heavy atom. The first kappa shape index (κ1) is 11.0. The fourth-order valence-electron chi connectivity index (χ4n) is 1.89. The van der Waals surface area contributed by atoms with E-state index in [4.69, 9.17) is 10.5 Å². The summed E-state index contributed by atoms with van der Waals surface area (Å²) in [5.41, 5.74) is 7.92. The van der Waals surface area contributed by atoms with Gasteiger partial charge >= 0.3 is 0 Å². The minimum Gasteiger partial charge on any atom is -0.497 e. The van der Waals surface area contributed by atoms with Crippen LogP contribution in [0, 0.1) is 0 Å². The quantitative estimate of drug-likeness (QED) is 0.757. The lowest BCUT2D eigenvalue weighted by atomic mass is 10.2. The monoisotopic (exact) mass is 218 g/mol. The molecule has 3 N–H and O–H groups in total. The summed E-state index contributed by atoms with van der Waals surface area (Å²) >= 11 is 0. The van der Waals surface area contributed by atoms with Gasteiger partial charge in [0.15, 0.2) is 0 Å². The van der Waals surface area contributed by atoms with Crippen molar-refractivity contribution in [3.05, 3.63) is 30.0 Å². The third kappa shape index (κ3) is 2.36. The maximum absolute atomic E-state index is 5.48. The number of fused-ring (bicyclic) bond motifs is 1. The highest BCUT2D eigenvalue weighted by atomic mass is 16.5. The highest BCUT2D eigenvalue weighted by Crippen LogP contribution is 2.21. The first-order valence-corrected chi connectivity index (χ1v) is 5.69. The second-order valence-corrected chi connectivity index (χ2v) is 3.99. The summed E-state index contributed by atoms with van der Waals surface area (Å²) in [6, 6.07) is 8.27. The van der Waals surface area contributed by atoms with Crippen LogP contribution < -0.4 is 10.5 Å². The molecule has 0 unspecified atom stereocenters. The van der Waals surface area contributed by atoms with Gasteiger partial charge in [-0.15, -0.1) is 0 Å². The first-order valence-electron chi connectivity index (χ1n) is 5.69. The number of aryl methyl sites for hydroxylation is 1. The maximum atomic E-state index is 5.48. The lowest BCUT2D eigenvalue weighted by Gasteiger charge is -1.97. The van der Waals surface area contributed by atoms with Gasteiger partial charge in [0.1, 0.15) is 5.75 Å². The van der Waals surface area contributed by atoms with Crippen molar-refractivity contribution in [1.82, 2.24) is 4.98 Å². The van der Waals surface area contributed by atoms with Gasteiger partial charge in [-0.25, -0.2) is 0 Å². The molecule has 1 heterocycles. The summed E-state index contributed by atoms with van der Waals surface area (Å²) in [4.78, 5) is 3.41. The van der Waals surface area contributed by atoms with Crippen molar-refractivity contribution in [3.8, 4) is 5.75 Å². The Kier molecular flexibility index (Phi) is 3.47. The van der Waals surface area contributed by atoms with Crippen LogP contribution in [0.25, 0.3) is 10.9 Å². The van der Waals surface area contributed by atoms with Gasteiger partial charge in [0.25, 0.3) is 0 Å². The van der Waals surface area contributed by atoms with Gasteiger partial charge in [-0.1, -0.05) is 0 Å². The Labute approximate surface area is 95.6 Å². The van der Waals surface area contributed by atoms with E-state index in [1.54, 1.807) is 7.11 Å². The van der Waals surface area contributed by atoms with Gasteiger partial charge in [0.2, 0.25) is 0 Å². The Morgan fingerprint density at radius 3 is 2.88 bits per heavy atom. The number of rotatable bonds is 5. The normalized spacial score (nSPS) is 10.9. The van der Waals surface area contributed by atoms with Gasteiger partial charge in [0, 0.05) is 16.6 Å². The molecule has 2 aromatic rings. The fourth-order valence-corrected chi connectivity index (χ4v) is 1.89. The molecule has 0 aliphatic rings. The molecular weight excluding hydrogens is 200 g/mol. The Bertz CT molecular complexity index is 462. The van der Waals surface area contributed by atoms with Crippen LogP contribution in [0.15, 0.2) is 24.3 Å². The molecule has 3 heteroatoms. The standard InChI is InChI=1S/C13H18N2O/c1-16-12-5-6-13-10(9-12)8-11(15-13)4-2-3-7-14/h5-6,8-9,15H,2-4,7,14H2,1H3. The molecule has 0 amide bonds. The number of nitrogens with one attached hydrogen (secondary N) is 1. The molecule has 0 radical (unpaired) electrons. The van der Waals surface area contributed by atoms with Gasteiger partial charge in [0.05, 0.1) is 7.11 Å². The molecule has 86 valence electrons. The molecule has 1 aromatic heterocycles. The van der Waals surface area contributed by atoms with E-state index in [0.29, 0.717) is 0 Å².